The molecular formula is C10H20O2. The lowest BCUT2D eigenvalue weighted by molar-refractivity contribution is -0.143. The molecular weight excluding hydrogens is 152 g/mol. The van der Waals surface area contributed by atoms with Gasteiger partial charge in [-0.2, -0.15) is 0 Å². The van der Waals surface area contributed by atoms with Crippen LogP contribution in [-0.2, 0) is 4.79 Å². The van der Waals surface area contributed by atoms with Gasteiger partial charge in [-0.3, -0.25) is 4.79 Å². The van der Waals surface area contributed by atoms with E-state index >= 15 is 0 Å². The summed E-state index contributed by atoms with van der Waals surface area (Å²) in [6.45, 7) is 6.02. The van der Waals surface area contributed by atoms with E-state index in [0.29, 0.717) is 5.92 Å². The zero-order chi connectivity index (χ0) is 9.56. The second-order valence-electron chi connectivity index (χ2n) is 3.44. The molecule has 0 aromatic carbocycles. The third-order valence-electron chi connectivity index (χ3n) is 2.55. The van der Waals surface area contributed by atoms with Gasteiger partial charge in [-0.25, -0.2) is 0 Å². The Balaban J connectivity index is 3.87. The quantitative estimate of drug-likeness (QED) is 0.668. The lowest BCUT2D eigenvalue weighted by Crippen LogP contribution is -2.19. The smallest absolute Gasteiger partial charge is 0.306 e. The zero-order valence-corrected chi connectivity index (χ0v) is 8.34. The third kappa shape index (κ3) is 3.74. The molecule has 0 bridgehead atoms. The number of hydrogen-bond donors (Lipinski definition) is 1. The SMILES string of the molecule is CCCCC(CC)C(C)C(=O)O. The van der Waals surface area contributed by atoms with Crippen molar-refractivity contribution in [3.8, 4) is 0 Å². The van der Waals surface area contributed by atoms with Gasteiger partial charge < -0.3 is 5.11 Å². The first-order valence-corrected chi connectivity index (χ1v) is 4.86. The van der Waals surface area contributed by atoms with Crippen molar-refractivity contribution < 1.29 is 9.90 Å². The summed E-state index contributed by atoms with van der Waals surface area (Å²) in [4.78, 5) is 10.7. The maximum atomic E-state index is 10.7. The Morgan fingerprint density at radius 3 is 2.33 bits per heavy atom. The lowest BCUT2D eigenvalue weighted by Gasteiger charge is -2.18. The minimum absolute atomic E-state index is 0.179. The van der Waals surface area contributed by atoms with Crippen LogP contribution in [0, 0.1) is 11.8 Å². The predicted molar refractivity (Wildman–Crippen MR) is 50.1 cm³/mol. The molecule has 0 fully saturated rings. The first-order valence-electron chi connectivity index (χ1n) is 4.86. The first kappa shape index (κ1) is 11.5. The molecule has 0 saturated carbocycles. The number of unbranched alkanes of at least 4 members (excludes halogenated alkanes) is 1. The van der Waals surface area contributed by atoms with E-state index in [0.717, 1.165) is 25.7 Å². The standard InChI is InChI=1S/C10H20O2/c1-4-6-7-9(5-2)8(3)10(11)12/h8-9H,4-7H2,1-3H3,(H,11,12). The van der Waals surface area contributed by atoms with Crippen molar-refractivity contribution in [3.63, 3.8) is 0 Å². The molecule has 0 saturated heterocycles. The van der Waals surface area contributed by atoms with E-state index in [1.54, 1.807) is 0 Å². The van der Waals surface area contributed by atoms with Crippen molar-refractivity contribution in [1.82, 2.24) is 0 Å². The minimum Gasteiger partial charge on any atom is -0.481 e. The van der Waals surface area contributed by atoms with Crippen molar-refractivity contribution in [1.29, 1.82) is 0 Å². The Morgan fingerprint density at radius 2 is 2.00 bits per heavy atom. The van der Waals surface area contributed by atoms with Gasteiger partial charge in [0.15, 0.2) is 0 Å². The van der Waals surface area contributed by atoms with E-state index < -0.39 is 5.97 Å². The number of carboxylic acid groups (broad SMARTS) is 1. The highest BCUT2D eigenvalue weighted by Gasteiger charge is 2.20. The number of carboxylic acids is 1. The summed E-state index contributed by atoms with van der Waals surface area (Å²) in [5.74, 6) is -0.470. The maximum absolute atomic E-state index is 10.7. The highest BCUT2D eigenvalue weighted by atomic mass is 16.4. The van der Waals surface area contributed by atoms with Gasteiger partial charge in [-0.05, 0) is 12.3 Å². The van der Waals surface area contributed by atoms with Gasteiger partial charge in [0.2, 0.25) is 0 Å². The number of aliphatic carboxylic acids is 1. The summed E-state index contributed by atoms with van der Waals surface area (Å²) in [5.41, 5.74) is 0. The van der Waals surface area contributed by atoms with E-state index in [1.807, 2.05) is 6.92 Å². The summed E-state index contributed by atoms with van der Waals surface area (Å²) in [6, 6.07) is 0. The van der Waals surface area contributed by atoms with Crippen LogP contribution in [0.15, 0.2) is 0 Å². The van der Waals surface area contributed by atoms with Gasteiger partial charge in [0, 0.05) is 0 Å². The molecule has 2 nitrogen and oxygen atoms in total. The molecule has 12 heavy (non-hydrogen) atoms. The molecule has 0 amide bonds. The summed E-state index contributed by atoms with van der Waals surface area (Å²) in [6.07, 6.45) is 4.34. The van der Waals surface area contributed by atoms with Crippen LogP contribution < -0.4 is 0 Å². The van der Waals surface area contributed by atoms with Gasteiger partial charge in [-0.1, -0.05) is 40.0 Å². The second-order valence-corrected chi connectivity index (χ2v) is 3.44. The maximum Gasteiger partial charge on any atom is 0.306 e. The molecule has 0 spiro atoms. The fourth-order valence-electron chi connectivity index (χ4n) is 1.48. The number of rotatable bonds is 6. The van der Waals surface area contributed by atoms with Crippen LogP contribution in [0.2, 0.25) is 0 Å². The monoisotopic (exact) mass is 172 g/mol. The largest absolute Gasteiger partial charge is 0.481 e. The molecule has 0 rings (SSSR count). The highest BCUT2D eigenvalue weighted by molar-refractivity contribution is 5.69. The summed E-state index contributed by atoms with van der Waals surface area (Å²) < 4.78 is 0. The fourth-order valence-corrected chi connectivity index (χ4v) is 1.48. The molecule has 1 N–H and O–H groups in total. The average molecular weight is 172 g/mol. The highest BCUT2D eigenvalue weighted by Crippen LogP contribution is 2.21. The zero-order valence-electron chi connectivity index (χ0n) is 8.34. The van der Waals surface area contributed by atoms with Crippen LogP contribution in [0.4, 0.5) is 0 Å². The average Bonchev–Trinajstić information content (AvgIpc) is 2.05. The van der Waals surface area contributed by atoms with Crippen molar-refractivity contribution in [3.05, 3.63) is 0 Å². The topological polar surface area (TPSA) is 37.3 Å². The van der Waals surface area contributed by atoms with Crippen LogP contribution in [-0.4, -0.2) is 11.1 Å². The van der Waals surface area contributed by atoms with Gasteiger partial charge in [-0.15, -0.1) is 0 Å². The van der Waals surface area contributed by atoms with Crippen LogP contribution >= 0.6 is 0 Å². The lowest BCUT2D eigenvalue weighted by atomic mass is 9.87. The molecule has 72 valence electrons. The Morgan fingerprint density at radius 1 is 1.42 bits per heavy atom. The molecule has 0 heterocycles. The molecule has 0 aliphatic heterocycles. The molecule has 0 radical (unpaired) electrons. The Labute approximate surface area is 75.0 Å². The van der Waals surface area contributed by atoms with Crippen LogP contribution in [0.5, 0.6) is 0 Å². The van der Waals surface area contributed by atoms with Crippen molar-refractivity contribution >= 4 is 5.97 Å². The van der Waals surface area contributed by atoms with Crippen molar-refractivity contribution in [2.45, 2.75) is 46.5 Å². The van der Waals surface area contributed by atoms with E-state index in [4.69, 9.17) is 5.11 Å². The fraction of sp³-hybridized carbons (Fsp3) is 0.900. The van der Waals surface area contributed by atoms with Gasteiger partial charge in [0.25, 0.3) is 0 Å². The van der Waals surface area contributed by atoms with Gasteiger partial charge >= 0.3 is 5.97 Å². The van der Waals surface area contributed by atoms with Crippen LogP contribution in [0.1, 0.15) is 46.5 Å². The number of hydrogen-bond acceptors (Lipinski definition) is 1. The summed E-state index contributed by atoms with van der Waals surface area (Å²) in [7, 11) is 0. The summed E-state index contributed by atoms with van der Waals surface area (Å²) in [5, 5.41) is 8.78. The predicted octanol–water partition coefficient (Wildman–Crippen LogP) is 2.92. The third-order valence-corrected chi connectivity index (χ3v) is 2.55. The summed E-state index contributed by atoms with van der Waals surface area (Å²) >= 11 is 0. The number of carbonyl (C=O) groups is 1. The Kier molecular flexibility index (Phi) is 5.77. The van der Waals surface area contributed by atoms with E-state index in [2.05, 4.69) is 13.8 Å². The van der Waals surface area contributed by atoms with Crippen molar-refractivity contribution in [2.75, 3.05) is 0 Å². The first-order chi connectivity index (χ1) is 5.63. The minimum atomic E-state index is -0.655. The molecule has 0 aliphatic carbocycles. The molecule has 0 aromatic heterocycles. The van der Waals surface area contributed by atoms with E-state index in [1.165, 1.54) is 0 Å². The molecule has 0 aromatic rings. The molecule has 2 unspecified atom stereocenters. The Bertz CT molecular complexity index is 132. The van der Waals surface area contributed by atoms with Crippen LogP contribution in [0.25, 0.3) is 0 Å². The normalized spacial score (nSPS) is 15.6. The van der Waals surface area contributed by atoms with E-state index in [9.17, 15) is 4.79 Å². The van der Waals surface area contributed by atoms with Crippen LogP contribution in [0.3, 0.4) is 0 Å². The van der Waals surface area contributed by atoms with Gasteiger partial charge in [0.1, 0.15) is 0 Å². The van der Waals surface area contributed by atoms with Crippen molar-refractivity contribution in [2.24, 2.45) is 11.8 Å². The molecule has 2 atom stereocenters. The van der Waals surface area contributed by atoms with E-state index in [-0.39, 0.29) is 5.92 Å². The molecule has 0 aliphatic rings. The second kappa shape index (κ2) is 6.04. The molecule has 2 heteroatoms. The van der Waals surface area contributed by atoms with Gasteiger partial charge in [0.05, 0.1) is 5.92 Å². The Hall–Kier alpha value is -0.530.